The second kappa shape index (κ2) is 4.93. The van der Waals surface area contributed by atoms with Crippen LogP contribution in [0.1, 0.15) is 26.5 Å². The number of carbonyl (C=O) groups is 2. The summed E-state index contributed by atoms with van der Waals surface area (Å²) in [6.07, 6.45) is 0.948. The van der Waals surface area contributed by atoms with Crippen molar-refractivity contribution in [3.05, 3.63) is 53.2 Å². The van der Waals surface area contributed by atoms with E-state index in [4.69, 9.17) is 9.52 Å². The van der Waals surface area contributed by atoms with E-state index in [1.165, 1.54) is 6.07 Å². The van der Waals surface area contributed by atoms with Gasteiger partial charge >= 0.3 is 5.97 Å². The fourth-order valence-electron chi connectivity index (χ4n) is 1.50. The number of hydrogen-bond acceptors (Lipinski definition) is 3. The third kappa shape index (κ3) is 2.62. The Hall–Kier alpha value is -2.63. The van der Waals surface area contributed by atoms with Crippen LogP contribution in [0.4, 0.5) is 10.1 Å². The van der Waals surface area contributed by atoms with Crippen molar-refractivity contribution in [3.63, 3.8) is 0 Å². The predicted molar refractivity (Wildman–Crippen MR) is 64.8 cm³/mol. The van der Waals surface area contributed by atoms with Crippen molar-refractivity contribution in [2.24, 2.45) is 0 Å². The Balaban J connectivity index is 2.21. The highest BCUT2D eigenvalue weighted by atomic mass is 19.1. The number of anilines is 1. The molecular formula is C13H10FNO4. The van der Waals surface area contributed by atoms with Crippen molar-refractivity contribution in [1.29, 1.82) is 0 Å². The number of rotatable bonds is 3. The van der Waals surface area contributed by atoms with Crippen LogP contribution >= 0.6 is 0 Å². The highest BCUT2D eigenvalue weighted by molar-refractivity contribution is 6.03. The average molecular weight is 263 g/mol. The molecule has 1 aromatic carbocycles. The quantitative estimate of drug-likeness (QED) is 0.892. The first-order valence-electron chi connectivity index (χ1n) is 5.37. The smallest absolute Gasteiger partial charge is 0.338 e. The van der Waals surface area contributed by atoms with Gasteiger partial charge in [0.25, 0.3) is 5.91 Å². The Bertz CT molecular complexity index is 648. The highest BCUT2D eigenvalue weighted by Gasteiger charge is 2.16. The van der Waals surface area contributed by atoms with Crippen LogP contribution in [0.5, 0.6) is 0 Å². The normalized spacial score (nSPS) is 10.2. The van der Waals surface area contributed by atoms with Crippen LogP contribution in [0, 0.1) is 12.7 Å². The van der Waals surface area contributed by atoms with Gasteiger partial charge in [0.05, 0.1) is 11.3 Å². The standard InChI is InChI=1S/C13H10FNO4/c1-7-3-2-4-9(11(7)14)15-12(16)10-5-8(6-19-10)13(17)18/h2-6H,1H3,(H,15,16)(H,17,18). The van der Waals surface area contributed by atoms with Gasteiger partial charge in [-0.15, -0.1) is 0 Å². The van der Waals surface area contributed by atoms with Crippen LogP contribution in [-0.2, 0) is 0 Å². The Morgan fingerprint density at radius 3 is 2.74 bits per heavy atom. The molecule has 1 amide bonds. The SMILES string of the molecule is Cc1cccc(NC(=O)c2cc(C(=O)O)co2)c1F. The molecule has 2 N–H and O–H groups in total. The number of aryl methyl sites for hydroxylation is 1. The minimum atomic E-state index is -1.20. The van der Waals surface area contributed by atoms with Gasteiger partial charge in [-0.2, -0.15) is 0 Å². The Labute approximate surface area is 107 Å². The molecule has 0 aliphatic heterocycles. The number of aromatic carboxylic acids is 1. The first kappa shape index (κ1) is 12.8. The van der Waals surface area contributed by atoms with Crippen LogP contribution in [0.2, 0.25) is 0 Å². The number of amides is 1. The van der Waals surface area contributed by atoms with Gasteiger partial charge in [-0.1, -0.05) is 12.1 Å². The van der Waals surface area contributed by atoms with E-state index < -0.39 is 17.7 Å². The van der Waals surface area contributed by atoms with E-state index in [-0.39, 0.29) is 17.0 Å². The number of carboxylic acid groups (broad SMARTS) is 1. The number of nitrogens with one attached hydrogen (secondary N) is 1. The molecule has 0 saturated heterocycles. The summed E-state index contributed by atoms with van der Waals surface area (Å²) in [5, 5.41) is 11.0. The first-order valence-corrected chi connectivity index (χ1v) is 5.37. The molecule has 98 valence electrons. The zero-order valence-electron chi connectivity index (χ0n) is 9.94. The monoisotopic (exact) mass is 263 g/mol. The lowest BCUT2D eigenvalue weighted by Gasteiger charge is -2.05. The molecule has 1 heterocycles. The fourth-order valence-corrected chi connectivity index (χ4v) is 1.50. The van der Waals surface area contributed by atoms with Crippen molar-refractivity contribution >= 4 is 17.6 Å². The summed E-state index contributed by atoms with van der Waals surface area (Å²) in [5.41, 5.74) is 0.261. The predicted octanol–water partition coefficient (Wildman–Crippen LogP) is 2.68. The van der Waals surface area contributed by atoms with E-state index in [2.05, 4.69) is 5.32 Å². The molecule has 2 rings (SSSR count). The molecule has 2 aromatic rings. The van der Waals surface area contributed by atoms with Crippen LogP contribution in [-0.4, -0.2) is 17.0 Å². The van der Waals surface area contributed by atoms with E-state index in [1.807, 2.05) is 0 Å². The Kier molecular flexibility index (Phi) is 3.33. The molecule has 0 atom stereocenters. The van der Waals surface area contributed by atoms with Gasteiger partial charge in [-0.3, -0.25) is 4.79 Å². The van der Waals surface area contributed by atoms with E-state index >= 15 is 0 Å². The largest absolute Gasteiger partial charge is 0.478 e. The van der Waals surface area contributed by atoms with Crippen molar-refractivity contribution in [2.45, 2.75) is 6.92 Å². The summed E-state index contributed by atoms with van der Waals surface area (Å²) in [4.78, 5) is 22.4. The Morgan fingerprint density at radius 1 is 1.37 bits per heavy atom. The number of hydrogen-bond donors (Lipinski definition) is 2. The molecule has 0 aliphatic rings. The number of carboxylic acids is 1. The molecule has 6 heteroatoms. The highest BCUT2D eigenvalue weighted by Crippen LogP contribution is 2.18. The van der Waals surface area contributed by atoms with Gasteiger partial charge in [0.2, 0.25) is 0 Å². The van der Waals surface area contributed by atoms with Crippen LogP contribution in [0.15, 0.2) is 34.9 Å². The van der Waals surface area contributed by atoms with Crippen LogP contribution < -0.4 is 5.32 Å². The zero-order valence-corrected chi connectivity index (χ0v) is 9.94. The number of benzene rings is 1. The third-order valence-corrected chi connectivity index (χ3v) is 2.51. The molecule has 0 aliphatic carbocycles. The van der Waals surface area contributed by atoms with Crippen molar-refractivity contribution in [3.8, 4) is 0 Å². The topological polar surface area (TPSA) is 79.5 Å². The molecular weight excluding hydrogens is 253 g/mol. The summed E-state index contributed by atoms with van der Waals surface area (Å²) in [6.45, 7) is 1.57. The molecule has 5 nitrogen and oxygen atoms in total. The van der Waals surface area contributed by atoms with E-state index in [9.17, 15) is 14.0 Å². The summed E-state index contributed by atoms with van der Waals surface area (Å²) in [5.74, 6) is -2.65. The van der Waals surface area contributed by atoms with E-state index in [1.54, 1.807) is 19.1 Å². The fraction of sp³-hybridized carbons (Fsp3) is 0.0769. The number of carbonyl (C=O) groups excluding carboxylic acids is 1. The molecule has 0 fully saturated rings. The van der Waals surface area contributed by atoms with Crippen molar-refractivity contribution in [1.82, 2.24) is 0 Å². The molecule has 0 radical (unpaired) electrons. The van der Waals surface area contributed by atoms with E-state index in [0.717, 1.165) is 12.3 Å². The Morgan fingerprint density at radius 2 is 2.11 bits per heavy atom. The maximum absolute atomic E-state index is 13.7. The third-order valence-electron chi connectivity index (χ3n) is 2.51. The van der Waals surface area contributed by atoms with Gasteiger partial charge in [0.15, 0.2) is 5.76 Å². The molecule has 0 unspecified atom stereocenters. The minimum Gasteiger partial charge on any atom is -0.478 e. The van der Waals surface area contributed by atoms with Crippen molar-refractivity contribution in [2.75, 3.05) is 5.32 Å². The van der Waals surface area contributed by atoms with Gasteiger partial charge in [-0.25, -0.2) is 9.18 Å². The maximum Gasteiger partial charge on any atom is 0.338 e. The average Bonchev–Trinajstić information content (AvgIpc) is 2.84. The summed E-state index contributed by atoms with van der Waals surface area (Å²) in [7, 11) is 0. The molecule has 1 aromatic heterocycles. The molecule has 0 spiro atoms. The zero-order chi connectivity index (χ0) is 14.0. The number of furan rings is 1. The van der Waals surface area contributed by atoms with Crippen LogP contribution in [0.3, 0.4) is 0 Å². The summed E-state index contributed by atoms with van der Waals surface area (Å²) in [6, 6.07) is 5.64. The lowest BCUT2D eigenvalue weighted by Crippen LogP contribution is -2.12. The number of halogens is 1. The van der Waals surface area contributed by atoms with Gasteiger partial charge in [0.1, 0.15) is 12.1 Å². The van der Waals surface area contributed by atoms with Crippen LogP contribution in [0.25, 0.3) is 0 Å². The van der Waals surface area contributed by atoms with E-state index in [0.29, 0.717) is 5.56 Å². The second-order valence-electron chi connectivity index (χ2n) is 3.90. The second-order valence-corrected chi connectivity index (χ2v) is 3.90. The van der Waals surface area contributed by atoms with Crippen molar-refractivity contribution < 1.29 is 23.5 Å². The maximum atomic E-state index is 13.7. The lowest BCUT2D eigenvalue weighted by molar-refractivity contribution is 0.0696. The minimum absolute atomic E-state index is 0.0123. The first-order chi connectivity index (χ1) is 8.99. The molecule has 0 saturated carbocycles. The summed E-state index contributed by atoms with van der Waals surface area (Å²) >= 11 is 0. The molecule has 19 heavy (non-hydrogen) atoms. The molecule has 0 bridgehead atoms. The van der Waals surface area contributed by atoms with Gasteiger partial charge < -0.3 is 14.8 Å². The van der Waals surface area contributed by atoms with Gasteiger partial charge in [-0.05, 0) is 18.6 Å². The summed E-state index contributed by atoms with van der Waals surface area (Å²) < 4.78 is 18.5. The van der Waals surface area contributed by atoms with Gasteiger partial charge in [0, 0.05) is 6.07 Å². The lowest BCUT2D eigenvalue weighted by atomic mass is 10.2.